The predicted octanol–water partition coefficient (Wildman–Crippen LogP) is 7.02. The first kappa shape index (κ1) is 21.4. The molecule has 0 radical (unpaired) electrons. The molecule has 31 heavy (non-hydrogen) atoms. The number of anilines is 1. The minimum atomic E-state index is -1.12. The molecule has 1 N–H and O–H groups in total. The third-order valence-corrected chi connectivity index (χ3v) is 5.60. The summed E-state index contributed by atoms with van der Waals surface area (Å²) in [6.45, 7) is 5.40. The van der Waals surface area contributed by atoms with Gasteiger partial charge in [0, 0.05) is 10.0 Å². The molecule has 1 amide bonds. The van der Waals surface area contributed by atoms with E-state index < -0.39 is 5.60 Å². The lowest BCUT2D eigenvalue weighted by Gasteiger charge is -2.25. The van der Waals surface area contributed by atoms with Gasteiger partial charge in [-0.1, -0.05) is 33.6 Å². The standard InChI is InChI=1S/C24H20BrClN2O3/c1-14-4-11-21-20(12-14)27-22(30-21)15-5-10-18(26)19(13-15)28-23(29)24(2,3)31-17-8-6-16(25)7-9-17/h4-13H,1-3H3,(H,28,29). The zero-order valence-corrected chi connectivity index (χ0v) is 19.5. The molecule has 7 heteroatoms. The van der Waals surface area contributed by atoms with Crippen molar-refractivity contribution in [1.29, 1.82) is 0 Å². The summed E-state index contributed by atoms with van der Waals surface area (Å²) in [6.07, 6.45) is 0. The summed E-state index contributed by atoms with van der Waals surface area (Å²) in [6, 6.07) is 18.4. The summed E-state index contributed by atoms with van der Waals surface area (Å²) >= 11 is 9.73. The molecule has 0 aliphatic carbocycles. The first-order valence-corrected chi connectivity index (χ1v) is 10.8. The number of aryl methyl sites for hydroxylation is 1. The van der Waals surface area contributed by atoms with Crippen LogP contribution in [0.2, 0.25) is 5.02 Å². The van der Waals surface area contributed by atoms with Crippen molar-refractivity contribution in [3.8, 4) is 17.2 Å². The molecular formula is C24H20BrClN2O3. The maximum absolute atomic E-state index is 12.9. The number of fused-ring (bicyclic) bond motifs is 1. The Morgan fingerprint density at radius 2 is 1.84 bits per heavy atom. The Bertz CT molecular complexity index is 1270. The van der Waals surface area contributed by atoms with Gasteiger partial charge in [-0.25, -0.2) is 4.98 Å². The lowest BCUT2D eigenvalue weighted by molar-refractivity contribution is -0.128. The van der Waals surface area contributed by atoms with Crippen LogP contribution < -0.4 is 10.1 Å². The molecule has 5 nitrogen and oxygen atoms in total. The second kappa shape index (κ2) is 8.36. The molecule has 0 unspecified atom stereocenters. The Labute approximate surface area is 193 Å². The minimum Gasteiger partial charge on any atom is -0.478 e. The number of amides is 1. The van der Waals surface area contributed by atoms with Gasteiger partial charge >= 0.3 is 0 Å². The van der Waals surface area contributed by atoms with Gasteiger partial charge in [-0.2, -0.15) is 0 Å². The molecule has 0 fully saturated rings. The highest BCUT2D eigenvalue weighted by Crippen LogP contribution is 2.31. The molecule has 3 aromatic carbocycles. The van der Waals surface area contributed by atoms with Crippen molar-refractivity contribution in [3.63, 3.8) is 0 Å². The number of carbonyl (C=O) groups excluding carboxylic acids is 1. The molecule has 0 spiro atoms. The maximum Gasteiger partial charge on any atom is 0.268 e. The van der Waals surface area contributed by atoms with Crippen molar-refractivity contribution in [2.45, 2.75) is 26.4 Å². The topological polar surface area (TPSA) is 64.4 Å². The minimum absolute atomic E-state index is 0.331. The van der Waals surface area contributed by atoms with Crippen LogP contribution in [0.15, 0.2) is 69.6 Å². The summed E-state index contributed by atoms with van der Waals surface area (Å²) < 4.78 is 12.7. The van der Waals surface area contributed by atoms with E-state index in [-0.39, 0.29) is 5.91 Å². The SMILES string of the molecule is Cc1ccc2oc(-c3ccc(Cl)c(NC(=O)C(C)(C)Oc4ccc(Br)cc4)c3)nc2c1. The average molecular weight is 500 g/mol. The van der Waals surface area contributed by atoms with Gasteiger partial charge in [0.05, 0.1) is 10.7 Å². The Morgan fingerprint density at radius 3 is 2.58 bits per heavy atom. The van der Waals surface area contributed by atoms with Gasteiger partial charge in [0.25, 0.3) is 5.91 Å². The number of halogens is 2. The van der Waals surface area contributed by atoms with E-state index in [1.807, 2.05) is 37.3 Å². The summed E-state index contributed by atoms with van der Waals surface area (Å²) in [5.41, 5.74) is 2.62. The van der Waals surface area contributed by atoms with E-state index in [0.717, 1.165) is 15.6 Å². The molecular weight excluding hydrogens is 480 g/mol. The molecule has 0 aliphatic rings. The fraction of sp³-hybridized carbons (Fsp3) is 0.167. The van der Waals surface area contributed by atoms with Crippen LogP contribution in [-0.4, -0.2) is 16.5 Å². The van der Waals surface area contributed by atoms with Crippen LogP contribution in [-0.2, 0) is 4.79 Å². The highest BCUT2D eigenvalue weighted by molar-refractivity contribution is 9.10. The number of nitrogens with one attached hydrogen (secondary N) is 1. The van der Waals surface area contributed by atoms with E-state index in [1.165, 1.54) is 0 Å². The number of rotatable bonds is 5. The summed E-state index contributed by atoms with van der Waals surface area (Å²) in [4.78, 5) is 17.5. The third kappa shape index (κ3) is 4.75. The van der Waals surface area contributed by atoms with E-state index in [4.69, 9.17) is 20.8 Å². The maximum atomic E-state index is 12.9. The van der Waals surface area contributed by atoms with Gasteiger partial charge in [-0.05, 0) is 80.9 Å². The number of hydrogen-bond acceptors (Lipinski definition) is 4. The molecule has 0 saturated heterocycles. The normalized spacial score (nSPS) is 11.5. The molecule has 0 saturated carbocycles. The Morgan fingerprint density at radius 1 is 1.10 bits per heavy atom. The molecule has 0 bridgehead atoms. The van der Waals surface area contributed by atoms with Crippen molar-refractivity contribution < 1.29 is 13.9 Å². The Kier molecular flexibility index (Phi) is 5.77. The van der Waals surface area contributed by atoms with E-state index in [9.17, 15) is 4.79 Å². The lowest BCUT2D eigenvalue weighted by atomic mass is 10.1. The molecule has 1 aromatic heterocycles. The monoisotopic (exact) mass is 498 g/mol. The van der Waals surface area contributed by atoms with Crippen LogP contribution >= 0.6 is 27.5 Å². The molecule has 1 heterocycles. The van der Waals surface area contributed by atoms with Crippen molar-refractivity contribution in [1.82, 2.24) is 4.98 Å². The Balaban J connectivity index is 1.57. The van der Waals surface area contributed by atoms with Crippen LogP contribution in [0.3, 0.4) is 0 Å². The van der Waals surface area contributed by atoms with Crippen LogP contribution in [0.1, 0.15) is 19.4 Å². The smallest absolute Gasteiger partial charge is 0.268 e. The molecule has 0 aliphatic heterocycles. The summed E-state index contributed by atoms with van der Waals surface area (Å²) in [5.74, 6) is 0.714. The Hall–Kier alpha value is -2.83. The fourth-order valence-electron chi connectivity index (χ4n) is 3.03. The first-order valence-electron chi connectivity index (χ1n) is 9.64. The van der Waals surface area contributed by atoms with Crippen molar-refractivity contribution in [3.05, 3.63) is 75.7 Å². The number of ether oxygens (including phenoxy) is 1. The number of nitrogens with zero attached hydrogens (tertiary/aromatic N) is 1. The zero-order chi connectivity index (χ0) is 22.2. The average Bonchev–Trinajstić information content (AvgIpc) is 3.14. The highest BCUT2D eigenvalue weighted by atomic mass is 79.9. The lowest BCUT2D eigenvalue weighted by Crippen LogP contribution is -2.42. The van der Waals surface area contributed by atoms with E-state index in [1.54, 1.807) is 44.2 Å². The number of hydrogen-bond donors (Lipinski definition) is 1. The van der Waals surface area contributed by atoms with Crippen LogP contribution in [0.25, 0.3) is 22.6 Å². The van der Waals surface area contributed by atoms with Gasteiger partial charge in [-0.3, -0.25) is 4.79 Å². The largest absolute Gasteiger partial charge is 0.478 e. The molecule has 158 valence electrons. The second-order valence-corrected chi connectivity index (χ2v) is 9.03. The van der Waals surface area contributed by atoms with Gasteiger partial charge in [0.2, 0.25) is 5.89 Å². The van der Waals surface area contributed by atoms with Gasteiger partial charge < -0.3 is 14.5 Å². The first-order chi connectivity index (χ1) is 14.7. The molecule has 4 rings (SSSR count). The van der Waals surface area contributed by atoms with E-state index >= 15 is 0 Å². The number of benzene rings is 3. The van der Waals surface area contributed by atoms with Gasteiger partial charge in [0.1, 0.15) is 11.3 Å². The van der Waals surface area contributed by atoms with Gasteiger partial charge in [-0.15, -0.1) is 0 Å². The number of carbonyl (C=O) groups is 1. The van der Waals surface area contributed by atoms with E-state index in [0.29, 0.717) is 33.5 Å². The second-order valence-electron chi connectivity index (χ2n) is 7.71. The third-order valence-electron chi connectivity index (χ3n) is 4.74. The van der Waals surface area contributed by atoms with Crippen molar-refractivity contribution >= 4 is 50.2 Å². The zero-order valence-electron chi connectivity index (χ0n) is 17.2. The summed E-state index contributed by atoms with van der Waals surface area (Å²) in [7, 11) is 0. The quantitative estimate of drug-likeness (QED) is 0.320. The van der Waals surface area contributed by atoms with Crippen molar-refractivity contribution in [2.24, 2.45) is 0 Å². The highest BCUT2D eigenvalue weighted by Gasteiger charge is 2.30. The van der Waals surface area contributed by atoms with Crippen LogP contribution in [0.4, 0.5) is 5.69 Å². The number of oxazole rings is 1. The van der Waals surface area contributed by atoms with Crippen molar-refractivity contribution in [2.75, 3.05) is 5.32 Å². The summed E-state index contributed by atoms with van der Waals surface area (Å²) in [5, 5.41) is 3.27. The number of aromatic nitrogens is 1. The van der Waals surface area contributed by atoms with E-state index in [2.05, 4.69) is 26.2 Å². The van der Waals surface area contributed by atoms with Crippen LogP contribution in [0.5, 0.6) is 5.75 Å². The molecule has 0 atom stereocenters. The van der Waals surface area contributed by atoms with Gasteiger partial charge in [0.15, 0.2) is 11.2 Å². The van der Waals surface area contributed by atoms with Crippen LogP contribution in [0, 0.1) is 6.92 Å². The predicted molar refractivity (Wildman–Crippen MR) is 127 cm³/mol. The fourth-order valence-corrected chi connectivity index (χ4v) is 3.46. The molecule has 4 aromatic rings.